The molecule has 0 unspecified atom stereocenters. The third kappa shape index (κ3) is 3.39. The molecule has 1 fully saturated rings. The number of hydrogen-bond acceptors (Lipinski definition) is 4. The molecule has 4 nitrogen and oxygen atoms in total. The van der Waals surface area contributed by atoms with Gasteiger partial charge in [0.2, 0.25) is 0 Å². The molecule has 0 aliphatic carbocycles. The number of halogens is 1. The minimum absolute atomic E-state index is 0. The van der Waals surface area contributed by atoms with Gasteiger partial charge in [0, 0.05) is 36.2 Å². The Morgan fingerprint density at radius 3 is 2.40 bits per heavy atom. The fraction of sp³-hybridized carbons (Fsp3) is 0.333. The van der Waals surface area contributed by atoms with Gasteiger partial charge in [-0.25, -0.2) is 9.97 Å². The van der Waals surface area contributed by atoms with E-state index in [2.05, 4.69) is 44.5 Å². The summed E-state index contributed by atoms with van der Waals surface area (Å²) in [5.74, 6) is 0.835. The highest BCUT2D eigenvalue weighted by Gasteiger charge is 2.11. The van der Waals surface area contributed by atoms with Crippen molar-refractivity contribution in [3.05, 3.63) is 42.4 Å². The first kappa shape index (κ1) is 14.6. The zero-order chi connectivity index (χ0) is 13.1. The number of nitrogens with one attached hydrogen (secondary N) is 1. The van der Waals surface area contributed by atoms with E-state index in [0.717, 1.165) is 17.2 Å². The van der Waals surface area contributed by atoms with E-state index in [-0.39, 0.29) is 12.4 Å². The van der Waals surface area contributed by atoms with Crippen molar-refractivity contribution in [2.24, 2.45) is 0 Å². The Hall–Kier alpha value is -1.81. The van der Waals surface area contributed by atoms with E-state index in [9.17, 15) is 0 Å². The van der Waals surface area contributed by atoms with Crippen LogP contribution in [0.4, 0.5) is 17.2 Å². The molecule has 5 heteroatoms. The number of hydrogen-bond donors (Lipinski definition) is 1. The molecule has 2 aromatic rings. The number of nitrogens with zero attached hydrogens (tertiary/aromatic N) is 3. The largest absolute Gasteiger partial charge is 0.372 e. The smallest absolute Gasteiger partial charge is 0.133 e. The molecule has 3 rings (SSSR count). The number of aromatic nitrogens is 2. The summed E-state index contributed by atoms with van der Waals surface area (Å²) in [6.07, 6.45) is 4.19. The second-order valence-electron chi connectivity index (χ2n) is 4.91. The lowest BCUT2D eigenvalue weighted by molar-refractivity contribution is 0.949. The summed E-state index contributed by atoms with van der Waals surface area (Å²) in [5, 5.41) is 3.29. The highest BCUT2D eigenvalue weighted by atomic mass is 35.5. The van der Waals surface area contributed by atoms with Crippen molar-refractivity contribution in [1.82, 2.24) is 9.97 Å². The van der Waals surface area contributed by atoms with Crippen molar-refractivity contribution >= 4 is 29.6 Å². The molecule has 20 heavy (non-hydrogen) atoms. The molecule has 0 saturated carbocycles. The summed E-state index contributed by atoms with van der Waals surface area (Å²) >= 11 is 0. The first-order valence-electron chi connectivity index (χ1n) is 6.72. The van der Waals surface area contributed by atoms with E-state index >= 15 is 0 Å². The van der Waals surface area contributed by atoms with E-state index in [1.165, 1.54) is 31.6 Å². The average molecular weight is 291 g/mol. The quantitative estimate of drug-likeness (QED) is 0.938. The van der Waals surface area contributed by atoms with E-state index in [1.54, 1.807) is 6.33 Å². The van der Waals surface area contributed by atoms with E-state index in [1.807, 2.05) is 13.0 Å². The molecule has 1 aromatic heterocycles. The van der Waals surface area contributed by atoms with Crippen LogP contribution in [0.25, 0.3) is 0 Å². The molecule has 0 atom stereocenters. The van der Waals surface area contributed by atoms with E-state index in [4.69, 9.17) is 0 Å². The highest BCUT2D eigenvalue weighted by Crippen LogP contribution is 2.23. The van der Waals surface area contributed by atoms with Gasteiger partial charge in [0.05, 0.1) is 0 Å². The van der Waals surface area contributed by atoms with Gasteiger partial charge in [-0.15, -0.1) is 12.4 Å². The maximum atomic E-state index is 4.20. The molecule has 2 heterocycles. The minimum Gasteiger partial charge on any atom is -0.372 e. The van der Waals surface area contributed by atoms with Gasteiger partial charge in [-0.2, -0.15) is 0 Å². The number of rotatable bonds is 3. The Morgan fingerprint density at radius 1 is 1.05 bits per heavy atom. The van der Waals surface area contributed by atoms with Crippen molar-refractivity contribution in [3.8, 4) is 0 Å². The van der Waals surface area contributed by atoms with Gasteiger partial charge < -0.3 is 10.2 Å². The second kappa shape index (κ2) is 6.57. The Balaban J connectivity index is 0.00000147. The van der Waals surface area contributed by atoms with Crippen LogP contribution in [0.3, 0.4) is 0 Å². The van der Waals surface area contributed by atoms with Crippen LogP contribution in [-0.4, -0.2) is 23.1 Å². The van der Waals surface area contributed by atoms with Crippen LogP contribution in [0, 0.1) is 6.92 Å². The molecule has 0 amide bonds. The summed E-state index contributed by atoms with van der Waals surface area (Å²) in [7, 11) is 0. The molecule has 1 aromatic carbocycles. The van der Waals surface area contributed by atoms with Gasteiger partial charge in [0.1, 0.15) is 12.1 Å². The molecule has 0 bridgehead atoms. The average Bonchev–Trinajstić information content (AvgIpc) is 2.94. The molecule has 1 saturated heterocycles. The van der Waals surface area contributed by atoms with Crippen molar-refractivity contribution in [1.29, 1.82) is 0 Å². The number of anilines is 3. The summed E-state index contributed by atoms with van der Waals surface area (Å²) in [5.41, 5.74) is 3.33. The van der Waals surface area contributed by atoms with Crippen LogP contribution in [-0.2, 0) is 0 Å². The first-order valence-corrected chi connectivity index (χ1v) is 6.72. The molecule has 106 valence electrons. The lowest BCUT2D eigenvalue weighted by Crippen LogP contribution is -2.17. The predicted octanol–water partition coefficient (Wildman–Crippen LogP) is 3.55. The topological polar surface area (TPSA) is 41.0 Å². The van der Waals surface area contributed by atoms with Crippen molar-refractivity contribution in [2.45, 2.75) is 19.8 Å². The van der Waals surface area contributed by atoms with Crippen LogP contribution in [0.15, 0.2) is 36.7 Å². The Morgan fingerprint density at radius 2 is 1.75 bits per heavy atom. The zero-order valence-electron chi connectivity index (χ0n) is 11.5. The van der Waals surface area contributed by atoms with Crippen LogP contribution in [0.1, 0.15) is 18.5 Å². The zero-order valence-corrected chi connectivity index (χ0v) is 12.4. The van der Waals surface area contributed by atoms with Crippen molar-refractivity contribution < 1.29 is 0 Å². The minimum atomic E-state index is 0. The number of aryl methyl sites for hydroxylation is 1. The lowest BCUT2D eigenvalue weighted by Gasteiger charge is -2.17. The molecule has 1 aliphatic heterocycles. The fourth-order valence-electron chi connectivity index (χ4n) is 2.40. The molecule has 1 aliphatic rings. The summed E-state index contributed by atoms with van der Waals surface area (Å²) in [6.45, 7) is 4.32. The molecule has 0 radical (unpaired) electrons. The number of benzene rings is 1. The first-order chi connectivity index (χ1) is 9.31. The molecule has 0 spiro atoms. The highest BCUT2D eigenvalue weighted by molar-refractivity contribution is 5.85. The fourth-order valence-corrected chi connectivity index (χ4v) is 2.40. The Labute approximate surface area is 125 Å². The van der Waals surface area contributed by atoms with E-state index in [0.29, 0.717) is 0 Å². The van der Waals surface area contributed by atoms with Gasteiger partial charge in [0.15, 0.2) is 0 Å². The van der Waals surface area contributed by atoms with Crippen LogP contribution in [0.2, 0.25) is 0 Å². The third-order valence-electron chi connectivity index (χ3n) is 3.41. The Kier molecular flexibility index (Phi) is 4.79. The predicted molar refractivity (Wildman–Crippen MR) is 85.2 cm³/mol. The van der Waals surface area contributed by atoms with Crippen LogP contribution < -0.4 is 10.2 Å². The van der Waals surface area contributed by atoms with Crippen molar-refractivity contribution in [2.75, 3.05) is 23.3 Å². The van der Waals surface area contributed by atoms with Crippen LogP contribution in [0.5, 0.6) is 0 Å². The van der Waals surface area contributed by atoms with E-state index < -0.39 is 0 Å². The lowest BCUT2D eigenvalue weighted by atomic mass is 10.2. The monoisotopic (exact) mass is 290 g/mol. The Bertz CT molecular complexity index is 550. The summed E-state index contributed by atoms with van der Waals surface area (Å²) in [6, 6.07) is 10.5. The maximum Gasteiger partial charge on any atom is 0.133 e. The molecular weight excluding hydrogens is 272 g/mol. The van der Waals surface area contributed by atoms with Gasteiger partial charge in [0.25, 0.3) is 0 Å². The summed E-state index contributed by atoms with van der Waals surface area (Å²) in [4.78, 5) is 10.7. The van der Waals surface area contributed by atoms with Crippen LogP contribution >= 0.6 is 12.4 Å². The standard InChI is InChI=1S/C15H18N4.ClH/c1-12-10-15(17-11-16-12)18-13-4-6-14(7-5-13)19-8-2-3-9-19;/h4-7,10-11H,2-3,8-9H2,1H3,(H,16,17,18);1H. The second-order valence-corrected chi connectivity index (χ2v) is 4.91. The SMILES string of the molecule is Cc1cc(Nc2ccc(N3CCCC3)cc2)ncn1.Cl. The third-order valence-corrected chi connectivity index (χ3v) is 3.41. The maximum absolute atomic E-state index is 4.20. The van der Waals surface area contributed by atoms with Gasteiger partial charge in [-0.05, 0) is 44.0 Å². The normalized spacial score (nSPS) is 13.9. The summed E-state index contributed by atoms with van der Waals surface area (Å²) < 4.78 is 0. The molecular formula is C15H19ClN4. The van der Waals surface area contributed by atoms with Gasteiger partial charge >= 0.3 is 0 Å². The van der Waals surface area contributed by atoms with Gasteiger partial charge in [-0.1, -0.05) is 0 Å². The molecule has 1 N–H and O–H groups in total. The van der Waals surface area contributed by atoms with Gasteiger partial charge in [-0.3, -0.25) is 0 Å². The van der Waals surface area contributed by atoms with Crippen molar-refractivity contribution in [3.63, 3.8) is 0 Å².